The predicted molar refractivity (Wildman–Crippen MR) is 152 cm³/mol. The molecule has 0 spiro atoms. The van der Waals surface area contributed by atoms with Crippen LogP contribution in [0.15, 0.2) is 84.9 Å². The summed E-state index contributed by atoms with van der Waals surface area (Å²) in [7, 11) is 3.95. The number of benzene rings is 4. The molecule has 6 nitrogen and oxygen atoms in total. The molecule has 1 aromatic heterocycles. The van der Waals surface area contributed by atoms with Crippen molar-refractivity contribution >= 4 is 27.8 Å². The highest BCUT2D eigenvalue weighted by Crippen LogP contribution is 2.40. The van der Waals surface area contributed by atoms with Gasteiger partial charge in [0.15, 0.2) is 0 Å². The summed E-state index contributed by atoms with van der Waals surface area (Å²) in [6.45, 7) is 3.67. The third-order valence-electron chi connectivity index (χ3n) is 6.77. The first-order chi connectivity index (χ1) is 18.4. The summed E-state index contributed by atoms with van der Waals surface area (Å²) in [5.74, 6) is 1.21. The second kappa shape index (κ2) is 11.0. The van der Waals surface area contributed by atoms with Crippen LogP contribution in [0.1, 0.15) is 17.5 Å². The fraction of sp³-hybridized carbons (Fsp3) is 0.219. The fourth-order valence-corrected chi connectivity index (χ4v) is 5.17. The summed E-state index contributed by atoms with van der Waals surface area (Å²) in [6.07, 6.45) is -0.641. The van der Waals surface area contributed by atoms with Crippen LogP contribution in [0.5, 0.6) is 11.6 Å². The Labute approximate surface area is 222 Å². The minimum absolute atomic E-state index is 0.368. The van der Waals surface area contributed by atoms with Crippen LogP contribution < -0.4 is 9.47 Å². The van der Waals surface area contributed by atoms with Crippen LogP contribution in [0, 0.1) is 6.92 Å². The lowest BCUT2D eigenvalue weighted by Crippen LogP contribution is -2.15. The van der Waals surface area contributed by atoms with Crippen LogP contribution in [0.4, 0.5) is 4.79 Å². The van der Waals surface area contributed by atoms with E-state index in [4.69, 9.17) is 9.47 Å². The molecule has 0 saturated heterocycles. The Bertz CT molecular complexity index is 1600. The van der Waals surface area contributed by atoms with Crippen LogP contribution in [0.25, 0.3) is 32.8 Å². The summed E-state index contributed by atoms with van der Waals surface area (Å²) >= 11 is 0. The molecule has 0 aliphatic carbocycles. The van der Waals surface area contributed by atoms with Crippen molar-refractivity contribution in [3.8, 4) is 22.8 Å². The second-order valence-electron chi connectivity index (χ2n) is 9.74. The summed E-state index contributed by atoms with van der Waals surface area (Å²) in [6, 6.07) is 28.6. The number of fused-ring (bicyclic) bond motifs is 2. The molecule has 5 aromatic rings. The van der Waals surface area contributed by atoms with Gasteiger partial charge in [0.1, 0.15) is 5.75 Å². The molecular formula is C32H32N2O4. The minimum atomic E-state index is -1.32. The molecule has 0 radical (unpaired) electrons. The van der Waals surface area contributed by atoms with E-state index in [9.17, 15) is 9.90 Å². The van der Waals surface area contributed by atoms with Crippen molar-refractivity contribution in [1.82, 2.24) is 9.47 Å². The Hall–Kier alpha value is -4.29. The maximum atomic E-state index is 11.8. The number of aryl methyl sites for hydroxylation is 2. The Morgan fingerprint density at radius 3 is 2.39 bits per heavy atom. The Kier molecular flexibility index (Phi) is 7.33. The maximum absolute atomic E-state index is 11.8. The van der Waals surface area contributed by atoms with Crippen LogP contribution in [0.2, 0.25) is 0 Å². The standard InChI is InChI=1S/C32H32N2O4/c1-22-11-4-6-14-24(22)26-16-9-17-28-30(26)27(21-33(2)3)31(38-32(35)36)34(28)19-10-20-37-29-18-8-13-23-12-5-7-15-25(23)29/h4-9,11-18H,10,19-21H2,1-3H3,(H,35,36). The molecule has 0 aliphatic rings. The molecule has 5 rings (SSSR count). The Morgan fingerprint density at radius 2 is 1.61 bits per heavy atom. The molecule has 0 saturated carbocycles. The molecule has 194 valence electrons. The normalized spacial score (nSPS) is 11.4. The zero-order valence-electron chi connectivity index (χ0n) is 22.0. The highest BCUT2D eigenvalue weighted by molar-refractivity contribution is 6.00. The second-order valence-corrected chi connectivity index (χ2v) is 9.74. The van der Waals surface area contributed by atoms with E-state index in [1.165, 1.54) is 0 Å². The number of rotatable bonds is 9. The van der Waals surface area contributed by atoms with Gasteiger partial charge >= 0.3 is 6.16 Å². The van der Waals surface area contributed by atoms with E-state index in [0.717, 1.165) is 49.7 Å². The van der Waals surface area contributed by atoms with Gasteiger partial charge in [0.2, 0.25) is 5.88 Å². The lowest BCUT2D eigenvalue weighted by atomic mass is 9.95. The van der Waals surface area contributed by atoms with Crippen LogP contribution in [0.3, 0.4) is 0 Å². The third-order valence-corrected chi connectivity index (χ3v) is 6.77. The van der Waals surface area contributed by atoms with E-state index in [2.05, 4.69) is 43.3 Å². The number of ether oxygens (including phenoxy) is 2. The quantitative estimate of drug-likeness (QED) is 0.166. The van der Waals surface area contributed by atoms with Gasteiger partial charge in [-0.15, -0.1) is 0 Å². The first kappa shape index (κ1) is 25.4. The predicted octanol–water partition coefficient (Wildman–Crippen LogP) is 7.36. The van der Waals surface area contributed by atoms with E-state index in [-0.39, 0.29) is 0 Å². The average molecular weight is 509 g/mol. The number of hydrogen-bond acceptors (Lipinski definition) is 4. The van der Waals surface area contributed by atoms with Crippen LogP contribution in [-0.4, -0.2) is 41.4 Å². The molecule has 4 aromatic carbocycles. The fourth-order valence-electron chi connectivity index (χ4n) is 5.17. The molecule has 0 atom stereocenters. The van der Waals surface area contributed by atoms with E-state index >= 15 is 0 Å². The molecule has 0 amide bonds. The van der Waals surface area contributed by atoms with Crippen molar-refractivity contribution in [3.05, 3.63) is 96.1 Å². The lowest BCUT2D eigenvalue weighted by molar-refractivity contribution is 0.139. The first-order valence-corrected chi connectivity index (χ1v) is 12.8. The average Bonchev–Trinajstić information content (AvgIpc) is 3.18. The number of aromatic nitrogens is 1. The van der Waals surface area contributed by atoms with Gasteiger partial charge in [-0.1, -0.05) is 72.8 Å². The highest BCUT2D eigenvalue weighted by atomic mass is 16.7. The first-order valence-electron chi connectivity index (χ1n) is 12.8. The largest absolute Gasteiger partial charge is 0.512 e. The Balaban J connectivity index is 1.53. The van der Waals surface area contributed by atoms with E-state index in [0.29, 0.717) is 32.0 Å². The number of carboxylic acid groups (broad SMARTS) is 1. The van der Waals surface area contributed by atoms with E-state index in [1.54, 1.807) is 0 Å². The summed E-state index contributed by atoms with van der Waals surface area (Å²) in [5.41, 5.74) is 5.16. The molecule has 0 fully saturated rings. The molecular weight excluding hydrogens is 476 g/mol. The van der Waals surface area contributed by atoms with Crippen molar-refractivity contribution in [2.24, 2.45) is 0 Å². The highest BCUT2D eigenvalue weighted by Gasteiger charge is 2.24. The van der Waals surface area contributed by atoms with Crippen LogP contribution in [-0.2, 0) is 13.1 Å². The molecule has 6 heteroatoms. The molecule has 0 unspecified atom stereocenters. The van der Waals surface area contributed by atoms with Gasteiger partial charge in [-0.2, -0.15) is 0 Å². The van der Waals surface area contributed by atoms with Gasteiger partial charge in [0.05, 0.1) is 12.1 Å². The minimum Gasteiger partial charge on any atom is -0.493 e. The molecule has 0 aliphatic heterocycles. The van der Waals surface area contributed by atoms with Crippen molar-refractivity contribution in [2.45, 2.75) is 26.4 Å². The van der Waals surface area contributed by atoms with Gasteiger partial charge in [-0.25, -0.2) is 4.79 Å². The van der Waals surface area contributed by atoms with E-state index in [1.807, 2.05) is 72.1 Å². The SMILES string of the molecule is Cc1ccccc1-c1cccc2c1c(CN(C)C)c(OC(=O)O)n2CCCOc1cccc2ccccc12. The third kappa shape index (κ3) is 5.08. The van der Waals surface area contributed by atoms with Crippen molar-refractivity contribution in [2.75, 3.05) is 20.7 Å². The number of carbonyl (C=O) groups is 1. The van der Waals surface area contributed by atoms with Gasteiger partial charge in [-0.05, 0) is 61.6 Å². The van der Waals surface area contributed by atoms with Gasteiger partial charge in [0.25, 0.3) is 0 Å². The van der Waals surface area contributed by atoms with Crippen molar-refractivity contribution in [3.63, 3.8) is 0 Å². The molecule has 38 heavy (non-hydrogen) atoms. The smallest absolute Gasteiger partial charge is 0.493 e. The maximum Gasteiger partial charge on any atom is 0.512 e. The molecule has 1 heterocycles. The summed E-state index contributed by atoms with van der Waals surface area (Å²) in [4.78, 5) is 13.8. The van der Waals surface area contributed by atoms with Crippen molar-refractivity contribution in [1.29, 1.82) is 0 Å². The number of hydrogen-bond donors (Lipinski definition) is 1. The van der Waals surface area contributed by atoms with Gasteiger partial charge in [-0.3, -0.25) is 0 Å². The Morgan fingerprint density at radius 1 is 0.895 bits per heavy atom. The summed E-state index contributed by atoms with van der Waals surface area (Å²) in [5, 5.41) is 12.9. The molecule has 0 bridgehead atoms. The summed E-state index contributed by atoms with van der Waals surface area (Å²) < 4.78 is 13.6. The molecule has 1 N–H and O–H groups in total. The van der Waals surface area contributed by atoms with Gasteiger partial charge in [0, 0.05) is 29.4 Å². The zero-order chi connectivity index (χ0) is 26.6. The lowest BCUT2D eigenvalue weighted by Gasteiger charge is -2.14. The number of nitrogens with zero attached hydrogens (tertiary/aromatic N) is 2. The van der Waals surface area contributed by atoms with Crippen molar-refractivity contribution < 1.29 is 19.4 Å². The topological polar surface area (TPSA) is 63.9 Å². The van der Waals surface area contributed by atoms with Crippen LogP contribution >= 0.6 is 0 Å². The zero-order valence-corrected chi connectivity index (χ0v) is 22.0. The van der Waals surface area contributed by atoms with E-state index < -0.39 is 6.16 Å². The monoisotopic (exact) mass is 508 g/mol. The van der Waals surface area contributed by atoms with Gasteiger partial charge < -0.3 is 24.0 Å².